The van der Waals surface area contributed by atoms with Crippen molar-refractivity contribution in [3.63, 3.8) is 0 Å². The molecular formula is C15H11F5O. The highest BCUT2D eigenvalue weighted by Crippen LogP contribution is 2.44. The average molecular weight is 302 g/mol. The van der Waals surface area contributed by atoms with Crippen LogP contribution < -0.4 is 4.74 Å². The third-order valence-electron chi connectivity index (χ3n) is 2.83. The molecule has 0 spiro atoms. The molecule has 0 aliphatic rings. The lowest BCUT2D eigenvalue weighted by Gasteiger charge is -2.20. The van der Waals surface area contributed by atoms with Crippen LogP contribution in [0.1, 0.15) is 11.1 Å². The van der Waals surface area contributed by atoms with Crippen LogP contribution in [0.2, 0.25) is 0 Å². The number of hydrogen-bond donors (Lipinski definition) is 0. The van der Waals surface area contributed by atoms with Crippen LogP contribution in [0.3, 0.4) is 0 Å². The van der Waals surface area contributed by atoms with Gasteiger partial charge in [-0.3, -0.25) is 0 Å². The van der Waals surface area contributed by atoms with Crippen LogP contribution in [0.25, 0.3) is 0 Å². The Morgan fingerprint density at radius 1 is 0.714 bits per heavy atom. The number of alkyl halides is 5. The Balaban J connectivity index is 2.18. The van der Waals surface area contributed by atoms with Gasteiger partial charge in [0, 0.05) is 5.56 Å². The maximum atomic E-state index is 13.1. The zero-order valence-electron chi connectivity index (χ0n) is 10.9. The van der Waals surface area contributed by atoms with E-state index >= 15 is 0 Å². The predicted octanol–water partition coefficient (Wildman–Crippen LogP) is 5.44. The van der Waals surface area contributed by atoms with Crippen LogP contribution in [0, 0.1) is 6.92 Å². The Hall–Kier alpha value is -2.11. The summed E-state index contributed by atoms with van der Waals surface area (Å²) in [6, 6.07) is 10.5. The molecule has 0 aliphatic carbocycles. The number of ether oxygens (including phenoxy) is 1. The molecule has 0 fully saturated rings. The second-order valence-corrected chi connectivity index (χ2v) is 4.51. The predicted molar refractivity (Wildman–Crippen MR) is 67.6 cm³/mol. The van der Waals surface area contributed by atoms with Crippen molar-refractivity contribution in [3.05, 3.63) is 59.7 Å². The van der Waals surface area contributed by atoms with Crippen LogP contribution in [0.5, 0.6) is 11.5 Å². The third kappa shape index (κ3) is 3.32. The first-order chi connectivity index (χ1) is 9.70. The molecule has 2 aromatic carbocycles. The summed E-state index contributed by atoms with van der Waals surface area (Å²) in [6.07, 6.45) is -5.62. The van der Waals surface area contributed by atoms with Gasteiger partial charge in [0.05, 0.1) is 0 Å². The molecule has 0 saturated heterocycles. The topological polar surface area (TPSA) is 9.23 Å². The van der Waals surface area contributed by atoms with Gasteiger partial charge in [-0.15, -0.1) is 0 Å². The van der Waals surface area contributed by atoms with Crippen molar-refractivity contribution in [2.45, 2.75) is 19.0 Å². The van der Waals surface area contributed by atoms with Gasteiger partial charge in [0.15, 0.2) is 0 Å². The normalized spacial score (nSPS) is 12.3. The van der Waals surface area contributed by atoms with E-state index in [1.54, 1.807) is 24.3 Å². The summed E-state index contributed by atoms with van der Waals surface area (Å²) in [5.74, 6) is -4.23. The quantitative estimate of drug-likeness (QED) is 0.686. The number of benzene rings is 2. The van der Waals surface area contributed by atoms with E-state index in [2.05, 4.69) is 0 Å². The second kappa shape index (κ2) is 5.35. The smallest absolute Gasteiger partial charge is 0.457 e. The highest BCUT2D eigenvalue weighted by Gasteiger charge is 2.58. The van der Waals surface area contributed by atoms with E-state index < -0.39 is 17.7 Å². The summed E-state index contributed by atoms with van der Waals surface area (Å²) < 4.78 is 68.2. The zero-order valence-corrected chi connectivity index (χ0v) is 10.9. The van der Waals surface area contributed by atoms with Gasteiger partial charge in [-0.05, 0) is 43.3 Å². The second-order valence-electron chi connectivity index (χ2n) is 4.51. The molecule has 0 aromatic heterocycles. The number of aryl methyl sites for hydroxylation is 1. The van der Waals surface area contributed by atoms with Crippen molar-refractivity contribution >= 4 is 0 Å². The minimum Gasteiger partial charge on any atom is -0.457 e. The van der Waals surface area contributed by atoms with E-state index in [1.807, 2.05) is 6.92 Å². The fraction of sp³-hybridized carbons (Fsp3) is 0.200. The highest BCUT2D eigenvalue weighted by atomic mass is 19.4. The summed E-state index contributed by atoms with van der Waals surface area (Å²) in [7, 11) is 0. The number of halogens is 5. The molecule has 21 heavy (non-hydrogen) atoms. The van der Waals surface area contributed by atoms with Crippen molar-refractivity contribution in [2.75, 3.05) is 0 Å². The first-order valence-corrected chi connectivity index (χ1v) is 6.00. The van der Waals surface area contributed by atoms with Gasteiger partial charge >= 0.3 is 12.1 Å². The van der Waals surface area contributed by atoms with Gasteiger partial charge < -0.3 is 4.74 Å². The molecule has 0 bridgehead atoms. The SMILES string of the molecule is Cc1ccc(Oc2ccc(C(F)(F)C(F)(F)F)cc2)cc1. The van der Waals surface area contributed by atoms with Gasteiger partial charge in [0.2, 0.25) is 0 Å². The van der Waals surface area contributed by atoms with Crippen LogP contribution in [0.4, 0.5) is 22.0 Å². The molecule has 0 amide bonds. The lowest BCUT2D eigenvalue weighted by atomic mass is 10.1. The summed E-state index contributed by atoms with van der Waals surface area (Å²) in [6.45, 7) is 1.89. The third-order valence-corrected chi connectivity index (χ3v) is 2.83. The first kappa shape index (κ1) is 15.3. The molecule has 0 aliphatic heterocycles. The van der Waals surface area contributed by atoms with E-state index in [9.17, 15) is 22.0 Å². The van der Waals surface area contributed by atoms with Crippen LogP contribution in [0.15, 0.2) is 48.5 Å². The molecule has 0 unspecified atom stereocenters. The zero-order chi connectivity index (χ0) is 15.7. The molecule has 0 heterocycles. The molecule has 0 radical (unpaired) electrons. The summed E-state index contributed by atoms with van der Waals surface area (Å²) >= 11 is 0. The molecule has 1 nitrogen and oxygen atoms in total. The highest BCUT2D eigenvalue weighted by molar-refractivity contribution is 5.35. The van der Waals surface area contributed by atoms with E-state index in [-0.39, 0.29) is 5.75 Å². The van der Waals surface area contributed by atoms with Crippen molar-refractivity contribution in [3.8, 4) is 11.5 Å². The molecule has 0 atom stereocenters. The van der Waals surface area contributed by atoms with Gasteiger partial charge in [-0.2, -0.15) is 22.0 Å². The van der Waals surface area contributed by atoms with E-state index in [0.717, 1.165) is 17.7 Å². The van der Waals surface area contributed by atoms with Crippen molar-refractivity contribution < 1.29 is 26.7 Å². The Morgan fingerprint density at radius 3 is 1.57 bits per heavy atom. The minimum atomic E-state index is -5.62. The van der Waals surface area contributed by atoms with Gasteiger partial charge in [-0.1, -0.05) is 17.7 Å². The molecular weight excluding hydrogens is 291 g/mol. The largest absolute Gasteiger partial charge is 0.458 e. The summed E-state index contributed by atoms with van der Waals surface area (Å²) in [5, 5.41) is 0. The Kier molecular flexibility index (Phi) is 3.89. The molecule has 112 valence electrons. The first-order valence-electron chi connectivity index (χ1n) is 6.00. The van der Waals surface area contributed by atoms with E-state index in [0.29, 0.717) is 17.9 Å². The monoisotopic (exact) mass is 302 g/mol. The Morgan fingerprint density at radius 2 is 1.14 bits per heavy atom. The van der Waals surface area contributed by atoms with Gasteiger partial charge in [0.25, 0.3) is 0 Å². The molecule has 0 saturated carbocycles. The van der Waals surface area contributed by atoms with Crippen LogP contribution in [-0.4, -0.2) is 6.18 Å². The van der Waals surface area contributed by atoms with Gasteiger partial charge in [0.1, 0.15) is 11.5 Å². The fourth-order valence-electron chi connectivity index (χ4n) is 1.64. The maximum absolute atomic E-state index is 13.1. The fourth-order valence-corrected chi connectivity index (χ4v) is 1.64. The van der Waals surface area contributed by atoms with E-state index in [4.69, 9.17) is 4.74 Å². The molecule has 6 heteroatoms. The van der Waals surface area contributed by atoms with E-state index in [1.165, 1.54) is 0 Å². The van der Waals surface area contributed by atoms with Crippen LogP contribution >= 0.6 is 0 Å². The minimum absolute atomic E-state index is 0.181. The molecule has 2 aromatic rings. The number of hydrogen-bond acceptors (Lipinski definition) is 1. The summed E-state index contributed by atoms with van der Waals surface area (Å²) in [5.41, 5.74) is -0.103. The Bertz CT molecular complexity index is 599. The maximum Gasteiger partial charge on any atom is 0.458 e. The standard InChI is InChI=1S/C15H11F5O/c1-10-2-6-12(7-3-10)21-13-8-4-11(5-9-13)14(16,17)15(18,19)20/h2-9H,1H3. The lowest BCUT2D eigenvalue weighted by Crippen LogP contribution is -2.33. The lowest BCUT2D eigenvalue weighted by molar-refractivity contribution is -0.289. The molecule has 0 N–H and O–H groups in total. The average Bonchev–Trinajstić information content (AvgIpc) is 2.41. The Labute approximate surface area is 118 Å². The van der Waals surface area contributed by atoms with Crippen molar-refractivity contribution in [1.29, 1.82) is 0 Å². The van der Waals surface area contributed by atoms with Crippen molar-refractivity contribution in [2.24, 2.45) is 0 Å². The molecule has 2 rings (SSSR count). The van der Waals surface area contributed by atoms with Crippen LogP contribution in [-0.2, 0) is 5.92 Å². The van der Waals surface area contributed by atoms with Crippen molar-refractivity contribution in [1.82, 2.24) is 0 Å². The number of rotatable bonds is 3. The van der Waals surface area contributed by atoms with Gasteiger partial charge in [-0.25, -0.2) is 0 Å². The summed E-state index contributed by atoms with van der Waals surface area (Å²) in [4.78, 5) is 0.